The lowest BCUT2D eigenvalue weighted by atomic mass is 9.96. The number of rotatable bonds is 10. The summed E-state index contributed by atoms with van der Waals surface area (Å²) in [6.07, 6.45) is 4.42. The molecule has 32 heavy (non-hydrogen) atoms. The van der Waals surface area contributed by atoms with Gasteiger partial charge in [0.2, 0.25) is 0 Å². The molecular formula is C25H36N2O5. The predicted molar refractivity (Wildman–Crippen MR) is 123 cm³/mol. The van der Waals surface area contributed by atoms with E-state index in [-0.39, 0.29) is 25.0 Å². The number of hydrogen-bond acceptors (Lipinski definition) is 5. The maximum atomic E-state index is 13.0. The van der Waals surface area contributed by atoms with Gasteiger partial charge in [-0.05, 0) is 51.7 Å². The maximum Gasteiger partial charge on any atom is 0.433 e. The zero-order valence-electron chi connectivity index (χ0n) is 20.0. The quantitative estimate of drug-likeness (QED) is 0.332. The van der Waals surface area contributed by atoms with Crippen LogP contribution in [0.15, 0.2) is 35.5 Å². The number of unbranched alkanes of at least 4 members (excludes halogenated alkanes) is 3. The molecule has 0 aromatic heterocycles. The Balaban J connectivity index is 2.44. The minimum Gasteiger partial charge on any atom is -0.448 e. The van der Waals surface area contributed by atoms with Crippen molar-refractivity contribution in [2.75, 3.05) is 13.2 Å². The molecule has 1 aromatic carbocycles. The number of nitrogens with zero attached hydrogens (tertiary/aromatic N) is 2. The van der Waals surface area contributed by atoms with Crippen LogP contribution in [0.2, 0.25) is 0 Å². The summed E-state index contributed by atoms with van der Waals surface area (Å²) in [6.45, 7) is 9.51. The Kier molecular flexibility index (Phi) is 9.75. The van der Waals surface area contributed by atoms with E-state index < -0.39 is 12.2 Å². The maximum absolute atomic E-state index is 13.0. The molecule has 0 bridgehead atoms. The fraction of sp³-hybridized carbons (Fsp3) is 0.560. The molecule has 7 heteroatoms. The van der Waals surface area contributed by atoms with Crippen molar-refractivity contribution in [2.45, 2.75) is 79.2 Å². The summed E-state index contributed by atoms with van der Waals surface area (Å²) in [4.78, 5) is 37.4. The first-order valence-electron chi connectivity index (χ1n) is 11.6. The monoisotopic (exact) mass is 444 g/mol. The molecule has 1 atom stereocenters. The molecule has 0 aliphatic carbocycles. The van der Waals surface area contributed by atoms with Gasteiger partial charge in [-0.2, -0.15) is 5.01 Å². The van der Waals surface area contributed by atoms with Crippen LogP contribution in [0.4, 0.5) is 9.59 Å². The molecule has 0 saturated heterocycles. The summed E-state index contributed by atoms with van der Waals surface area (Å²) < 4.78 is 10.6. The van der Waals surface area contributed by atoms with Gasteiger partial charge < -0.3 is 9.47 Å². The van der Waals surface area contributed by atoms with E-state index in [1.165, 1.54) is 16.9 Å². The van der Waals surface area contributed by atoms with Crippen LogP contribution in [0.3, 0.4) is 0 Å². The molecular weight excluding hydrogens is 408 g/mol. The second-order valence-corrected chi connectivity index (χ2v) is 7.94. The molecule has 1 unspecified atom stereocenters. The number of amides is 2. The first kappa shape index (κ1) is 25.4. The van der Waals surface area contributed by atoms with E-state index in [1.807, 2.05) is 19.1 Å². The summed E-state index contributed by atoms with van der Waals surface area (Å²) in [5.41, 5.74) is 3.37. The fourth-order valence-electron chi connectivity index (χ4n) is 3.97. The normalized spacial score (nSPS) is 15.8. The molecule has 0 N–H and O–H groups in total. The van der Waals surface area contributed by atoms with E-state index in [1.54, 1.807) is 26.0 Å². The number of hydrazine groups is 1. The highest BCUT2D eigenvalue weighted by atomic mass is 16.6. The molecule has 2 amide bonds. The SMILES string of the molecule is CCCCCCC1=C(Cc2ccc(C(C)=O)cc2)N(C(=O)OCC)N(C(=O)OCC)C1C. The zero-order valence-corrected chi connectivity index (χ0v) is 20.0. The van der Waals surface area contributed by atoms with E-state index in [2.05, 4.69) is 6.92 Å². The molecule has 7 nitrogen and oxygen atoms in total. The van der Waals surface area contributed by atoms with Gasteiger partial charge in [-0.15, -0.1) is 0 Å². The van der Waals surface area contributed by atoms with Crippen molar-refractivity contribution in [3.05, 3.63) is 46.7 Å². The summed E-state index contributed by atoms with van der Waals surface area (Å²) in [7, 11) is 0. The Morgan fingerprint density at radius 1 is 0.906 bits per heavy atom. The Hall–Kier alpha value is -2.83. The molecule has 1 aliphatic rings. The predicted octanol–water partition coefficient (Wildman–Crippen LogP) is 5.89. The number of ketones is 1. The number of allylic oxidation sites excluding steroid dienone is 1. The third kappa shape index (κ3) is 6.11. The molecule has 1 aliphatic heterocycles. The molecule has 1 heterocycles. The van der Waals surface area contributed by atoms with Gasteiger partial charge >= 0.3 is 12.2 Å². The molecule has 0 radical (unpaired) electrons. The van der Waals surface area contributed by atoms with Crippen molar-refractivity contribution in [3.63, 3.8) is 0 Å². The van der Waals surface area contributed by atoms with E-state index in [0.717, 1.165) is 48.9 Å². The summed E-state index contributed by atoms with van der Waals surface area (Å²) in [6, 6.07) is 7.04. The highest BCUT2D eigenvalue weighted by Crippen LogP contribution is 2.36. The lowest BCUT2D eigenvalue weighted by Crippen LogP contribution is -2.49. The van der Waals surface area contributed by atoms with Crippen molar-refractivity contribution >= 4 is 18.0 Å². The fourth-order valence-corrected chi connectivity index (χ4v) is 3.97. The average molecular weight is 445 g/mol. The van der Waals surface area contributed by atoms with Gasteiger partial charge in [-0.25, -0.2) is 14.6 Å². The number of carbonyl (C=O) groups is 3. The largest absolute Gasteiger partial charge is 0.448 e. The second-order valence-electron chi connectivity index (χ2n) is 7.94. The lowest BCUT2D eigenvalue weighted by Gasteiger charge is -2.31. The van der Waals surface area contributed by atoms with Crippen LogP contribution in [0, 0.1) is 0 Å². The molecule has 0 saturated carbocycles. The number of Topliss-reactive ketones (excluding diaryl/α,β-unsaturated/α-hetero) is 1. The Morgan fingerprint density at radius 2 is 1.53 bits per heavy atom. The van der Waals surface area contributed by atoms with Gasteiger partial charge in [-0.3, -0.25) is 4.79 Å². The topological polar surface area (TPSA) is 76.2 Å². The van der Waals surface area contributed by atoms with Crippen LogP contribution < -0.4 is 0 Å². The average Bonchev–Trinajstić information content (AvgIpc) is 3.03. The number of ether oxygens (including phenoxy) is 2. The van der Waals surface area contributed by atoms with E-state index >= 15 is 0 Å². The van der Waals surface area contributed by atoms with Crippen LogP contribution in [0.1, 0.15) is 82.6 Å². The van der Waals surface area contributed by atoms with Crippen molar-refractivity contribution in [3.8, 4) is 0 Å². The minimum absolute atomic E-state index is 0.00324. The first-order valence-corrected chi connectivity index (χ1v) is 11.6. The van der Waals surface area contributed by atoms with E-state index in [9.17, 15) is 14.4 Å². The molecule has 176 valence electrons. The van der Waals surface area contributed by atoms with Crippen LogP contribution in [0.25, 0.3) is 0 Å². The van der Waals surface area contributed by atoms with Gasteiger partial charge in [0.15, 0.2) is 5.78 Å². The van der Waals surface area contributed by atoms with E-state index in [0.29, 0.717) is 12.0 Å². The van der Waals surface area contributed by atoms with Crippen molar-refractivity contribution in [1.29, 1.82) is 0 Å². The van der Waals surface area contributed by atoms with Gasteiger partial charge in [0, 0.05) is 12.0 Å². The molecule has 2 rings (SSSR count). The van der Waals surface area contributed by atoms with Crippen LogP contribution in [-0.4, -0.2) is 47.2 Å². The van der Waals surface area contributed by atoms with E-state index in [4.69, 9.17) is 9.47 Å². The zero-order chi connectivity index (χ0) is 23.7. The van der Waals surface area contributed by atoms with Gasteiger partial charge in [0.1, 0.15) is 0 Å². The van der Waals surface area contributed by atoms with Crippen LogP contribution in [-0.2, 0) is 15.9 Å². The second kappa shape index (κ2) is 12.3. The Bertz CT molecular complexity index is 831. The minimum atomic E-state index is -0.591. The Labute approximate surface area is 191 Å². The highest BCUT2D eigenvalue weighted by Gasteiger charge is 2.43. The van der Waals surface area contributed by atoms with Crippen molar-refractivity contribution in [2.24, 2.45) is 0 Å². The first-order chi connectivity index (χ1) is 15.3. The molecule has 0 fully saturated rings. The van der Waals surface area contributed by atoms with Crippen molar-refractivity contribution < 1.29 is 23.9 Å². The van der Waals surface area contributed by atoms with Gasteiger partial charge in [0.25, 0.3) is 0 Å². The number of carbonyl (C=O) groups excluding carboxylic acids is 3. The van der Waals surface area contributed by atoms with Crippen LogP contribution >= 0.6 is 0 Å². The molecule has 1 aromatic rings. The third-order valence-electron chi connectivity index (χ3n) is 5.64. The van der Waals surface area contributed by atoms with Gasteiger partial charge in [0.05, 0.1) is 25.0 Å². The smallest absolute Gasteiger partial charge is 0.433 e. The van der Waals surface area contributed by atoms with Crippen LogP contribution in [0.5, 0.6) is 0 Å². The van der Waals surface area contributed by atoms with Crippen molar-refractivity contribution in [1.82, 2.24) is 10.0 Å². The summed E-state index contributed by atoms with van der Waals surface area (Å²) in [5.74, 6) is 0.00324. The lowest BCUT2D eigenvalue weighted by molar-refractivity contribution is -0.000611. The summed E-state index contributed by atoms with van der Waals surface area (Å²) >= 11 is 0. The number of benzene rings is 1. The third-order valence-corrected chi connectivity index (χ3v) is 5.64. The van der Waals surface area contributed by atoms with Gasteiger partial charge in [-0.1, -0.05) is 50.5 Å². The summed E-state index contributed by atoms with van der Waals surface area (Å²) in [5, 5.41) is 2.72. The number of hydrogen-bond donors (Lipinski definition) is 0. The molecule has 0 spiro atoms. The Morgan fingerprint density at radius 3 is 2.09 bits per heavy atom. The highest BCUT2D eigenvalue weighted by molar-refractivity contribution is 5.94. The standard InChI is InChI=1S/C25H36N2O5/c1-6-9-10-11-12-22-18(4)26(24(29)31-7-2)27(25(30)32-8-3)23(22)17-20-13-15-21(16-14-20)19(5)28/h13-16,18H,6-12,17H2,1-5H3.